The van der Waals surface area contributed by atoms with Crippen LogP contribution in [0.3, 0.4) is 0 Å². The van der Waals surface area contributed by atoms with Gasteiger partial charge in [0.1, 0.15) is 11.3 Å². The molecule has 0 spiro atoms. The second-order valence-corrected chi connectivity index (χ2v) is 5.24. The highest BCUT2D eigenvalue weighted by molar-refractivity contribution is 6.02. The quantitative estimate of drug-likeness (QED) is 0.525. The maximum atomic E-state index is 12.4. The highest BCUT2D eigenvalue weighted by atomic mass is 16.5. The van der Waals surface area contributed by atoms with Crippen LogP contribution >= 0.6 is 0 Å². The number of hydrogen-bond acceptors (Lipinski definition) is 4. The molecular formula is C19H13NO3. The van der Waals surface area contributed by atoms with Crippen molar-refractivity contribution in [3.63, 3.8) is 0 Å². The van der Waals surface area contributed by atoms with Gasteiger partial charge in [0.15, 0.2) is 0 Å². The second kappa shape index (κ2) is 5.25. The molecule has 4 rings (SSSR count). The van der Waals surface area contributed by atoms with E-state index >= 15 is 0 Å². The molecule has 0 aliphatic rings. The SMILES string of the molecule is COc1ccc(-c2cc3cnc4ccccc4c3oc2=O)cc1. The predicted molar refractivity (Wildman–Crippen MR) is 89.8 cm³/mol. The summed E-state index contributed by atoms with van der Waals surface area (Å²) in [4.78, 5) is 16.8. The average molecular weight is 303 g/mol. The number of rotatable bonds is 2. The van der Waals surface area contributed by atoms with Gasteiger partial charge in [0, 0.05) is 17.0 Å². The maximum absolute atomic E-state index is 12.4. The molecule has 2 aromatic carbocycles. The van der Waals surface area contributed by atoms with Crippen LogP contribution in [-0.4, -0.2) is 12.1 Å². The molecular weight excluding hydrogens is 290 g/mol. The number of aromatic nitrogens is 1. The molecule has 0 fully saturated rings. The van der Waals surface area contributed by atoms with Crippen molar-refractivity contribution in [2.75, 3.05) is 7.11 Å². The van der Waals surface area contributed by atoms with Crippen molar-refractivity contribution in [1.82, 2.24) is 4.98 Å². The third-order valence-electron chi connectivity index (χ3n) is 3.87. The zero-order chi connectivity index (χ0) is 15.8. The average Bonchev–Trinajstić information content (AvgIpc) is 2.61. The smallest absolute Gasteiger partial charge is 0.344 e. The molecule has 0 atom stereocenters. The summed E-state index contributed by atoms with van der Waals surface area (Å²) in [5, 5.41) is 1.64. The molecule has 0 N–H and O–H groups in total. The Hall–Kier alpha value is -3.14. The van der Waals surface area contributed by atoms with Gasteiger partial charge >= 0.3 is 5.63 Å². The minimum atomic E-state index is -0.362. The molecule has 0 saturated heterocycles. The summed E-state index contributed by atoms with van der Waals surface area (Å²) < 4.78 is 10.7. The van der Waals surface area contributed by atoms with Crippen LogP contribution in [0.2, 0.25) is 0 Å². The number of nitrogens with zero attached hydrogens (tertiary/aromatic N) is 1. The second-order valence-electron chi connectivity index (χ2n) is 5.24. The Balaban J connectivity index is 1.96. The number of hydrogen-bond donors (Lipinski definition) is 0. The van der Waals surface area contributed by atoms with Gasteiger partial charge in [-0.15, -0.1) is 0 Å². The van der Waals surface area contributed by atoms with Crippen LogP contribution in [0.15, 0.2) is 70.0 Å². The van der Waals surface area contributed by atoms with Crippen LogP contribution in [0.5, 0.6) is 5.75 Å². The van der Waals surface area contributed by atoms with E-state index in [1.807, 2.05) is 54.6 Å². The monoisotopic (exact) mass is 303 g/mol. The zero-order valence-corrected chi connectivity index (χ0v) is 12.4. The number of ether oxygens (including phenoxy) is 1. The summed E-state index contributed by atoms with van der Waals surface area (Å²) in [6.45, 7) is 0. The van der Waals surface area contributed by atoms with Crippen LogP contribution in [0.25, 0.3) is 33.0 Å². The summed E-state index contributed by atoms with van der Waals surface area (Å²) in [7, 11) is 1.61. The first kappa shape index (κ1) is 13.5. The fourth-order valence-corrected chi connectivity index (χ4v) is 2.68. The molecule has 4 heteroatoms. The van der Waals surface area contributed by atoms with Crippen molar-refractivity contribution in [2.24, 2.45) is 0 Å². The van der Waals surface area contributed by atoms with Gasteiger partial charge in [0.2, 0.25) is 0 Å². The maximum Gasteiger partial charge on any atom is 0.344 e. The van der Waals surface area contributed by atoms with Crippen molar-refractivity contribution >= 4 is 21.9 Å². The van der Waals surface area contributed by atoms with Crippen molar-refractivity contribution in [3.05, 3.63) is 71.2 Å². The molecule has 23 heavy (non-hydrogen) atoms. The van der Waals surface area contributed by atoms with Gasteiger partial charge in [-0.1, -0.05) is 24.3 Å². The van der Waals surface area contributed by atoms with Gasteiger partial charge in [0.05, 0.1) is 18.2 Å². The van der Waals surface area contributed by atoms with E-state index in [9.17, 15) is 4.79 Å². The lowest BCUT2D eigenvalue weighted by molar-refractivity contribution is 0.415. The van der Waals surface area contributed by atoms with E-state index < -0.39 is 0 Å². The van der Waals surface area contributed by atoms with Crippen LogP contribution in [-0.2, 0) is 0 Å². The van der Waals surface area contributed by atoms with Gasteiger partial charge < -0.3 is 9.15 Å². The lowest BCUT2D eigenvalue weighted by atomic mass is 10.1. The Morgan fingerprint density at radius 3 is 2.61 bits per heavy atom. The van der Waals surface area contributed by atoms with Gasteiger partial charge in [-0.3, -0.25) is 4.98 Å². The highest BCUT2D eigenvalue weighted by Gasteiger charge is 2.10. The molecule has 0 unspecified atom stereocenters. The molecule has 0 amide bonds. The Bertz CT molecular complexity index is 1070. The zero-order valence-electron chi connectivity index (χ0n) is 12.4. The standard InChI is InChI=1S/C19H13NO3/c1-22-14-8-6-12(7-9-14)16-10-13-11-20-17-5-3-2-4-15(17)18(13)23-19(16)21/h2-11H,1H3. The fourth-order valence-electron chi connectivity index (χ4n) is 2.68. The normalized spacial score (nSPS) is 11.0. The molecule has 0 bridgehead atoms. The molecule has 4 nitrogen and oxygen atoms in total. The summed E-state index contributed by atoms with van der Waals surface area (Å²) in [6, 6.07) is 16.7. The van der Waals surface area contributed by atoms with Crippen LogP contribution < -0.4 is 10.4 Å². The van der Waals surface area contributed by atoms with Crippen LogP contribution in [0.1, 0.15) is 0 Å². The Labute approximate surface area is 132 Å². The topological polar surface area (TPSA) is 52.3 Å². The van der Waals surface area contributed by atoms with Crippen molar-refractivity contribution in [1.29, 1.82) is 0 Å². The molecule has 0 radical (unpaired) electrons. The molecule has 2 heterocycles. The number of pyridine rings is 1. The van der Waals surface area contributed by atoms with E-state index in [-0.39, 0.29) is 5.63 Å². The lowest BCUT2D eigenvalue weighted by Crippen LogP contribution is -2.03. The summed E-state index contributed by atoms with van der Waals surface area (Å²) in [5.41, 5.74) is 2.31. The van der Waals surface area contributed by atoms with E-state index in [2.05, 4.69) is 4.98 Å². The van der Waals surface area contributed by atoms with Crippen molar-refractivity contribution < 1.29 is 9.15 Å². The fraction of sp³-hybridized carbons (Fsp3) is 0.0526. The Kier molecular flexibility index (Phi) is 3.08. The Morgan fingerprint density at radius 2 is 1.83 bits per heavy atom. The third kappa shape index (κ3) is 2.25. The molecule has 4 aromatic rings. The number of fused-ring (bicyclic) bond motifs is 3. The number of para-hydroxylation sites is 1. The van der Waals surface area contributed by atoms with Crippen LogP contribution in [0, 0.1) is 0 Å². The minimum Gasteiger partial charge on any atom is -0.497 e. The first-order valence-electron chi connectivity index (χ1n) is 7.22. The van der Waals surface area contributed by atoms with E-state index in [1.54, 1.807) is 13.3 Å². The summed E-state index contributed by atoms with van der Waals surface area (Å²) in [5.74, 6) is 0.742. The van der Waals surface area contributed by atoms with Gasteiger partial charge in [0.25, 0.3) is 0 Å². The molecule has 0 aliphatic carbocycles. The van der Waals surface area contributed by atoms with E-state index in [4.69, 9.17) is 9.15 Å². The molecule has 2 aromatic heterocycles. The highest BCUT2D eigenvalue weighted by Crippen LogP contribution is 2.26. The summed E-state index contributed by atoms with van der Waals surface area (Å²) >= 11 is 0. The van der Waals surface area contributed by atoms with E-state index in [0.29, 0.717) is 11.1 Å². The first-order chi connectivity index (χ1) is 11.3. The third-order valence-corrected chi connectivity index (χ3v) is 3.87. The van der Waals surface area contributed by atoms with E-state index in [1.165, 1.54) is 0 Å². The van der Waals surface area contributed by atoms with Gasteiger partial charge in [-0.2, -0.15) is 0 Å². The molecule has 0 aliphatic heterocycles. The lowest BCUT2D eigenvalue weighted by Gasteiger charge is -2.05. The Morgan fingerprint density at radius 1 is 1.04 bits per heavy atom. The summed E-state index contributed by atoms with van der Waals surface area (Å²) in [6.07, 6.45) is 1.73. The van der Waals surface area contributed by atoms with Crippen LogP contribution in [0.4, 0.5) is 0 Å². The molecule has 112 valence electrons. The van der Waals surface area contributed by atoms with Gasteiger partial charge in [-0.05, 0) is 35.9 Å². The first-order valence-corrected chi connectivity index (χ1v) is 7.22. The van der Waals surface area contributed by atoms with Gasteiger partial charge in [-0.25, -0.2) is 4.79 Å². The number of methoxy groups -OCH3 is 1. The predicted octanol–water partition coefficient (Wildman–Crippen LogP) is 4.02. The largest absolute Gasteiger partial charge is 0.497 e. The number of benzene rings is 2. The molecule has 0 saturated carbocycles. The van der Waals surface area contributed by atoms with E-state index in [0.717, 1.165) is 27.6 Å². The van der Waals surface area contributed by atoms with Crippen molar-refractivity contribution in [2.45, 2.75) is 0 Å². The van der Waals surface area contributed by atoms with Crippen molar-refractivity contribution in [3.8, 4) is 16.9 Å². The minimum absolute atomic E-state index is 0.362.